The molecule has 0 atom stereocenters. The molecule has 0 unspecified atom stereocenters. The van der Waals surface area contributed by atoms with Crippen molar-refractivity contribution in [3.05, 3.63) is 30.5 Å². The van der Waals surface area contributed by atoms with Crippen molar-refractivity contribution < 1.29 is 0 Å². The lowest BCUT2D eigenvalue weighted by atomic mass is 10.3. The lowest BCUT2D eigenvalue weighted by Gasteiger charge is -1.96. The summed E-state index contributed by atoms with van der Waals surface area (Å²) in [6, 6.07) is 3.67. The third-order valence-electron chi connectivity index (χ3n) is 1.17. The second-order valence-corrected chi connectivity index (χ2v) is 1.83. The van der Waals surface area contributed by atoms with Crippen LogP contribution in [0.25, 0.3) is 6.08 Å². The molecule has 3 N–H and O–H groups in total. The minimum absolute atomic E-state index is 0.658. The van der Waals surface area contributed by atoms with Crippen LogP contribution in [0.4, 0.5) is 5.82 Å². The summed E-state index contributed by atoms with van der Waals surface area (Å²) < 4.78 is 0. The Labute approximate surface area is 59.6 Å². The van der Waals surface area contributed by atoms with Crippen LogP contribution in [0.1, 0.15) is 5.56 Å². The van der Waals surface area contributed by atoms with Crippen molar-refractivity contribution >= 4 is 11.9 Å². The number of anilines is 1. The molecular weight excluding hydrogens is 126 g/mol. The Morgan fingerprint density at radius 1 is 1.60 bits per heavy atom. The Balaban J connectivity index is 2.90. The average molecular weight is 135 g/mol. The highest BCUT2D eigenvalue weighted by atomic mass is 15.2. The summed E-state index contributed by atoms with van der Waals surface area (Å²) in [5, 5.41) is 0. The molecule has 0 amide bonds. The molecule has 0 aromatic carbocycles. The number of nitrogens with zero attached hydrogens (tertiary/aromatic N) is 1. The zero-order chi connectivity index (χ0) is 7.40. The minimum Gasteiger partial charge on any atom is -0.308 e. The molecule has 0 aliphatic rings. The molecule has 1 heterocycles. The van der Waals surface area contributed by atoms with E-state index in [2.05, 4.69) is 17.0 Å². The number of rotatable bonds is 2. The maximum Gasteiger partial charge on any atom is 0.139 e. The van der Waals surface area contributed by atoms with Gasteiger partial charge in [-0.1, -0.05) is 12.7 Å². The molecule has 1 rings (SSSR count). The van der Waals surface area contributed by atoms with Gasteiger partial charge in [0.25, 0.3) is 0 Å². The van der Waals surface area contributed by atoms with E-state index in [0.29, 0.717) is 5.82 Å². The van der Waals surface area contributed by atoms with Crippen molar-refractivity contribution in [3.8, 4) is 0 Å². The Kier molecular flexibility index (Phi) is 2.02. The number of nitrogens with two attached hydrogens (primary N) is 1. The first kappa shape index (κ1) is 6.77. The Morgan fingerprint density at radius 2 is 2.40 bits per heavy atom. The molecule has 52 valence electrons. The summed E-state index contributed by atoms with van der Waals surface area (Å²) in [5.74, 6) is 5.76. The first-order chi connectivity index (χ1) is 4.86. The van der Waals surface area contributed by atoms with E-state index in [-0.39, 0.29) is 0 Å². The monoisotopic (exact) mass is 135 g/mol. The van der Waals surface area contributed by atoms with Crippen LogP contribution in [0, 0.1) is 0 Å². The lowest BCUT2D eigenvalue weighted by molar-refractivity contribution is 1.22. The van der Waals surface area contributed by atoms with Crippen molar-refractivity contribution in [2.75, 3.05) is 5.43 Å². The highest BCUT2D eigenvalue weighted by Gasteiger charge is 1.87. The predicted molar refractivity (Wildman–Crippen MR) is 42.1 cm³/mol. The third-order valence-corrected chi connectivity index (χ3v) is 1.17. The predicted octanol–water partition coefficient (Wildman–Crippen LogP) is 1.01. The van der Waals surface area contributed by atoms with E-state index >= 15 is 0 Å². The summed E-state index contributed by atoms with van der Waals surface area (Å²) in [5.41, 5.74) is 3.42. The molecule has 1 aromatic rings. The molecule has 0 radical (unpaired) electrons. The van der Waals surface area contributed by atoms with Crippen LogP contribution in [0.15, 0.2) is 24.9 Å². The third kappa shape index (κ3) is 1.33. The van der Waals surface area contributed by atoms with Crippen LogP contribution >= 0.6 is 0 Å². The highest BCUT2D eigenvalue weighted by molar-refractivity contribution is 5.48. The van der Waals surface area contributed by atoms with E-state index in [1.165, 1.54) is 0 Å². The molecule has 10 heavy (non-hydrogen) atoms. The van der Waals surface area contributed by atoms with Gasteiger partial charge in [-0.3, -0.25) is 0 Å². The smallest absolute Gasteiger partial charge is 0.139 e. The average Bonchev–Trinajstić information content (AvgIpc) is 2.05. The number of hydrogen-bond donors (Lipinski definition) is 2. The summed E-state index contributed by atoms with van der Waals surface area (Å²) in [6.07, 6.45) is 3.43. The van der Waals surface area contributed by atoms with Crippen LogP contribution in [-0.4, -0.2) is 4.98 Å². The molecular formula is C7H9N3. The van der Waals surface area contributed by atoms with Gasteiger partial charge in [0, 0.05) is 6.20 Å². The molecule has 0 aliphatic carbocycles. The summed E-state index contributed by atoms with van der Waals surface area (Å²) in [6.45, 7) is 3.59. The van der Waals surface area contributed by atoms with Crippen LogP contribution in [0.5, 0.6) is 0 Å². The van der Waals surface area contributed by atoms with Crippen LogP contribution in [-0.2, 0) is 0 Å². The van der Waals surface area contributed by atoms with Gasteiger partial charge in [-0.25, -0.2) is 10.8 Å². The van der Waals surface area contributed by atoms with Gasteiger partial charge < -0.3 is 5.43 Å². The van der Waals surface area contributed by atoms with E-state index in [1.54, 1.807) is 18.3 Å². The zero-order valence-corrected chi connectivity index (χ0v) is 5.54. The normalized spacial score (nSPS) is 8.90. The highest BCUT2D eigenvalue weighted by Crippen LogP contribution is 2.03. The summed E-state index contributed by atoms with van der Waals surface area (Å²) in [7, 11) is 0. The van der Waals surface area contributed by atoms with Gasteiger partial charge >= 0.3 is 0 Å². The number of aromatic nitrogens is 1. The van der Waals surface area contributed by atoms with Gasteiger partial charge in [-0.15, -0.1) is 0 Å². The van der Waals surface area contributed by atoms with Gasteiger partial charge in [-0.05, 0) is 17.7 Å². The zero-order valence-electron chi connectivity index (χ0n) is 5.54. The molecule has 0 fully saturated rings. The van der Waals surface area contributed by atoms with Gasteiger partial charge in [0.15, 0.2) is 0 Å². The Hall–Kier alpha value is -1.35. The van der Waals surface area contributed by atoms with Crippen molar-refractivity contribution in [1.29, 1.82) is 0 Å². The molecule has 0 bridgehead atoms. The van der Waals surface area contributed by atoms with Crippen LogP contribution < -0.4 is 11.3 Å². The number of nitrogens with one attached hydrogen (secondary N) is 1. The molecule has 0 spiro atoms. The van der Waals surface area contributed by atoms with E-state index in [1.807, 2.05) is 6.07 Å². The fourth-order valence-electron chi connectivity index (χ4n) is 0.611. The van der Waals surface area contributed by atoms with Crippen LogP contribution in [0.2, 0.25) is 0 Å². The maximum atomic E-state index is 5.10. The second kappa shape index (κ2) is 2.98. The van der Waals surface area contributed by atoms with Crippen molar-refractivity contribution in [2.24, 2.45) is 5.84 Å². The first-order valence-electron chi connectivity index (χ1n) is 2.92. The molecule has 3 heteroatoms. The second-order valence-electron chi connectivity index (χ2n) is 1.83. The van der Waals surface area contributed by atoms with Gasteiger partial charge in [0.05, 0.1) is 0 Å². The molecule has 1 aromatic heterocycles. The Morgan fingerprint density at radius 3 is 2.80 bits per heavy atom. The SMILES string of the molecule is C=Cc1ccc(NN)nc1. The van der Waals surface area contributed by atoms with Crippen molar-refractivity contribution in [2.45, 2.75) is 0 Å². The molecule has 0 aliphatic heterocycles. The van der Waals surface area contributed by atoms with E-state index in [0.717, 1.165) is 5.56 Å². The Bertz CT molecular complexity index is 215. The van der Waals surface area contributed by atoms with E-state index in [4.69, 9.17) is 5.84 Å². The number of hydrogen-bond acceptors (Lipinski definition) is 3. The molecule has 0 saturated carbocycles. The summed E-state index contributed by atoms with van der Waals surface area (Å²) >= 11 is 0. The van der Waals surface area contributed by atoms with Gasteiger partial charge in [-0.2, -0.15) is 0 Å². The number of nitrogen functional groups attached to an aromatic ring is 1. The maximum absolute atomic E-state index is 5.10. The fourth-order valence-corrected chi connectivity index (χ4v) is 0.611. The van der Waals surface area contributed by atoms with Crippen molar-refractivity contribution in [1.82, 2.24) is 4.98 Å². The lowest BCUT2D eigenvalue weighted by Crippen LogP contribution is -2.07. The standard InChI is InChI=1S/C7H9N3/c1-2-6-3-4-7(10-8)9-5-6/h2-5H,1,8H2,(H,9,10). The van der Waals surface area contributed by atoms with E-state index in [9.17, 15) is 0 Å². The molecule has 3 nitrogen and oxygen atoms in total. The molecule has 0 saturated heterocycles. The summed E-state index contributed by atoms with van der Waals surface area (Å²) in [4.78, 5) is 3.96. The fraction of sp³-hybridized carbons (Fsp3) is 0. The number of pyridine rings is 1. The van der Waals surface area contributed by atoms with Crippen LogP contribution in [0.3, 0.4) is 0 Å². The minimum atomic E-state index is 0.658. The largest absolute Gasteiger partial charge is 0.308 e. The topological polar surface area (TPSA) is 50.9 Å². The first-order valence-corrected chi connectivity index (χ1v) is 2.92. The van der Waals surface area contributed by atoms with Crippen molar-refractivity contribution in [3.63, 3.8) is 0 Å². The van der Waals surface area contributed by atoms with Gasteiger partial charge in [0.2, 0.25) is 0 Å². The van der Waals surface area contributed by atoms with E-state index < -0.39 is 0 Å². The quantitative estimate of drug-likeness (QED) is 0.470. The van der Waals surface area contributed by atoms with Gasteiger partial charge in [0.1, 0.15) is 5.82 Å². The number of hydrazine groups is 1.